The van der Waals surface area contributed by atoms with Gasteiger partial charge in [0.2, 0.25) is 0 Å². The first-order valence-electron chi connectivity index (χ1n) is 10.3. The lowest BCUT2D eigenvalue weighted by Gasteiger charge is -2.36. The van der Waals surface area contributed by atoms with Gasteiger partial charge in [0.1, 0.15) is 18.0 Å². The fourth-order valence-electron chi connectivity index (χ4n) is 4.13. The van der Waals surface area contributed by atoms with E-state index in [1.807, 2.05) is 12.1 Å². The van der Waals surface area contributed by atoms with Crippen LogP contribution in [0.25, 0.3) is 0 Å². The highest BCUT2D eigenvalue weighted by Crippen LogP contribution is 2.46. The maximum absolute atomic E-state index is 9.85. The average Bonchev–Trinajstić information content (AvgIpc) is 3.54. The van der Waals surface area contributed by atoms with Crippen LogP contribution in [0.15, 0.2) is 42.7 Å². The van der Waals surface area contributed by atoms with Crippen molar-refractivity contribution in [3.63, 3.8) is 0 Å². The van der Waals surface area contributed by atoms with Gasteiger partial charge in [0.05, 0.1) is 19.3 Å². The van der Waals surface area contributed by atoms with E-state index in [1.165, 1.54) is 5.56 Å². The first kappa shape index (κ1) is 19.2. The van der Waals surface area contributed by atoms with E-state index in [0.717, 1.165) is 63.4 Å². The summed E-state index contributed by atoms with van der Waals surface area (Å²) in [4.78, 5) is 13.6. The number of rotatable bonds is 8. The Labute approximate surface area is 166 Å². The minimum Gasteiger partial charge on any atom is -0.396 e. The van der Waals surface area contributed by atoms with Crippen molar-refractivity contribution in [3.05, 3.63) is 48.3 Å². The summed E-state index contributed by atoms with van der Waals surface area (Å²) in [5.74, 6) is 1.77. The molecule has 0 radical (unpaired) electrons. The van der Waals surface area contributed by atoms with Crippen LogP contribution in [0.5, 0.6) is 0 Å². The summed E-state index contributed by atoms with van der Waals surface area (Å²) >= 11 is 0. The number of benzene rings is 1. The SMILES string of the molecule is OCC1CCCCN1c1cc(N(Cc2ccccc2)CC2(CO)CC2)ncn1. The van der Waals surface area contributed by atoms with E-state index in [4.69, 9.17) is 0 Å². The van der Waals surface area contributed by atoms with Crippen LogP contribution in [0, 0.1) is 5.41 Å². The summed E-state index contributed by atoms with van der Waals surface area (Å²) in [6, 6.07) is 12.6. The summed E-state index contributed by atoms with van der Waals surface area (Å²) < 4.78 is 0. The highest BCUT2D eigenvalue weighted by molar-refractivity contribution is 5.51. The van der Waals surface area contributed by atoms with Crippen LogP contribution in [0.2, 0.25) is 0 Å². The topological polar surface area (TPSA) is 72.7 Å². The number of aliphatic hydroxyl groups is 2. The van der Waals surface area contributed by atoms with E-state index in [9.17, 15) is 10.2 Å². The third-order valence-electron chi connectivity index (χ3n) is 6.13. The molecule has 1 aromatic carbocycles. The Hall–Kier alpha value is -2.18. The molecule has 6 heteroatoms. The maximum atomic E-state index is 9.85. The van der Waals surface area contributed by atoms with E-state index >= 15 is 0 Å². The van der Waals surface area contributed by atoms with Crippen molar-refractivity contribution in [1.82, 2.24) is 9.97 Å². The Morgan fingerprint density at radius 1 is 1.11 bits per heavy atom. The minimum absolute atomic E-state index is 0.00134. The number of nitrogens with zero attached hydrogens (tertiary/aromatic N) is 4. The second-order valence-corrected chi connectivity index (χ2v) is 8.26. The van der Waals surface area contributed by atoms with Gasteiger partial charge in [-0.2, -0.15) is 0 Å². The van der Waals surface area contributed by atoms with Crippen LogP contribution in [-0.2, 0) is 6.54 Å². The van der Waals surface area contributed by atoms with Gasteiger partial charge < -0.3 is 20.0 Å². The number of aromatic nitrogens is 2. The third-order valence-corrected chi connectivity index (χ3v) is 6.13. The van der Waals surface area contributed by atoms with Gasteiger partial charge in [-0.3, -0.25) is 0 Å². The van der Waals surface area contributed by atoms with Gasteiger partial charge in [-0.1, -0.05) is 30.3 Å². The molecule has 1 saturated carbocycles. The summed E-state index contributed by atoms with van der Waals surface area (Å²) in [7, 11) is 0. The Kier molecular flexibility index (Phi) is 5.78. The van der Waals surface area contributed by atoms with Crippen molar-refractivity contribution >= 4 is 11.6 Å². The lowest BCUT2D eigenvalue weighted by atomic mass is 10.0. The molecule has 1 aliphatic carbocycles. The van der Waals surface area contributed by atoms with Crippen molar-refractivity contribution < 1.29 is 10.2 Å². The molecule has 1 atom stereocenters. The van der Waals surface area contributed by atoms with Crippen molar-refractivity contribution in [3.8, 4) is 0 Å². The predicted molar refractivity (Wildman–Crippen MR) is 110 cm³/mol. The zero-order chi connectivity index (χ0) is 19.4. The van der Waals surface area contributed by atoms with Gasteiger partial charge >= 0.3 is 0 Å². The van der Waals surface area contributed by atoms with Gasteiger partial charge in [-0.05, 0) is 37.7 Å². The molecule has 2 aromatic rings. The van der Waals surface area contributed by atoms with Gasteiger partial charge in [-0.25, -0.2) is 9.97 Å². The second kappa shape index (κ2) is 8.45. The van der Waals surface area contributed by atoms with E-state index < -0.39 is 0 Å². The zero-order valence-corrected chi connectivity index (χ0v) is 16.4. The van der Waals surface area contributed by atoms with Gasteiger partial charge in [0.25, 0.3) is 0 Å². The molecular weight excluding hydrogens is 352 g/mol. The van der Waals surface area contributed by atoms with Crippen molar-refractivity contribution in [2.75, 3.05) is 36.1 Å². The number of aliphatic hydroxyl groups excluding tert-OH is 2. The van der Waals surface area contributed by atoms with E-state index in [2.05, 4.69) is 44.0 Å². The lowest BCUT2D eigenvalue weighted by molar-refractivity contribution is 0.213. The molecule has 0 bridgehead atoms. The quantitative estimate of drug-likeness (QED) is 0.731. The van der Waals surface area contributed by atoms with Crippen LogP contribution in [0.1, 0.15) is 37.7 Å². The second-order valence-electron chi connectivity index (χ2n) is 8.26. The standard InChI is InChI=1S/C22H30N4O2/c27-14-19-8-4-5-11-26(19)21-12-20(23-17-24-21)25(15-22(16-28)9-10-22)13-18-6-2-1-3-7-18/h1-3,6-7,12,17,19,27-28H,4-5,8-11,13-16H2. The predicted octanol–water partition coefficient (Wildman–Crippen LogP) is 2.61. The highest BCUT2D eigenvalue weighted by Gasteiger charge is 2.43. The molecule has 1 saturated heterocycles. The van der Waals surface area contributed by atoms with Crippen molar-refractivity contribution in [2.24, 2.45) is 5.41 Å². The Bertz CT molecular complexity index is 766. The molecule has 2 N–H and O–H groups in total. The molecule has 1 unspecified atom stereocenters. The molecule has 0 amide bonds. The van der Waals surface area contributed by atoms with E-state index in [-0.39, 0.29) is 24.7 Å². The number of hydrogen-bond acceptors (Lipinski definition) is 6. The first-order chi connectivity index (χ1) is 13.7. The molecule has 2 aliphatic rings. The molecule has 6 nitrogen and oxygen atoms in total. The minimum atomic E-state index is -0.00134. The highest BCUT2D eigenvalue weighted by atomic mass is 16.3. The third kappa shape index (κ3) is 4.28. The Balaban J connectivity index is 1.60. The fraction of sp³-hybridized carbons (Fsp3) is 0.545. The maximum Gasteiger partial charge on any atom is 0.134 e. The largest absolute Gasteiger partial charge is 0.396 e. The van der Waals surface area contributed by atoms with Crippen LogP contribution < -0.4 is 9.80 Å². The molecule has 150 valence electrons. The van der Waals surface area contributed by atoms with E-state index in [1.54, 1.807) is 6.33 Å². The summed E-state index contributed by atoms with van der Waals surface area (Å²) in [6.07, 6.45) is 7.02. The normalized spacial score (nSPS) is 20.8. The molecule has 4 rings (SSSR count). The average molecular weight is 383 g/mol. The molecular formula is C22H30N4O2. The first-order valence-corrected chi connectivity index (χ1v) is 10.3. The Morgan fingerprint density at radius 2 is 1.93 bits per heavy atom. The van der Waals surface area contributed by atoms with E-state index in [0.29, 0.717) is 0 Å². The van der Waals surface area contributed by atoms with Gasteiger partial charge in [0.15, 0.2) is 0 Å². The molecule has 0 spiro atoms. The molecule has 1 aliphatic heterocycles. The summed E-state index contributed by atoms with van der Waals surface area (Å²) in [6.45, 7) is 2.83. The van der Waals surface area contributed by atoms with Crippen molar-refractivity contribution in [1.29, 1.82) is 0 Å². The summed E-state index contributed by atoms with van der Waals surface area (Å²) in [5, 5.41) is 19.6. The fourth-order valence-corrected chi connectivity index (χ4v) is 4.13. The van der Waals surface area contributed by atoms with Crippen LogP contribution in [0.4, 0.5) is 11.6 Å². The Morgan fingerprint density at radius 3 is 2.64 bits per heavy atom. The monoisotopic (exact) mass is 382 g/mol. The van der Waals surface area contributed by atoms with Crippen molar-refractivity contribution in [2.45, 2.75) is 44.7 Å². The molecule has 2 fully saturated rings. The molecule has 2 heterocycles. The molecule has 1 aromatic heterocycles. The zero-order valence-electron chi connectivity index (χ0n) is 16.4. The summed E-state index contributed by atoms with van der Waals surface area (Å²) in [5.41, 5.74) is 1.22. The van der Waals surface area contributed by atoms with Gasteiger partial charge in [0, 0.05) is 31.1 Å². The smallest absolute Gasteiger partial charge is 0.134 e. The van der Waals surface area contributed by atoms with Crippen LogP contribution >= 0.6 is 0 Å². The lowest BCUT2D eigenvalue weighted by Crippen LogP contribution is -2.42. The number of hydrogen-bond donors (Lipinski definition) is 2. The number of piperidine rings is 1. The van der Waals surface area contributed by atoms with Crippen LogP contribution in [-0.4, -0.2) is 52.5 Å². The van der Waals surface area contributed by atoms with Crippen LogP contribution in [0.3, 0.4) is 0 Å². The number of anilines is 2. The molecule has 28 heavy (non-hydrogen) atoms. The van der Waals surface area contributed by atoms with Gasteiger partial charge in [-0.15, -0.1) is 0 Å².